The van der Waals surface area contributed by atoms with E-state index in [0.717, 1.165) is 19.3 Å². The fourth-order valence-corrected chi connectivity index (χ4v) is 4.52. The third kappa shape index (κ3) is 4.87. The molecule has 1 fully saturated rings. The maximum absolute atomic E-state index is 13.3. The smallest absolute Gasteiger partial charge is 0.301 e. The second-order valence-corrected chi connectivity index (χ2v) is 8.84. The number of anilines is 1. The Hall–Kier alpha value is -4.33. The van der Waals surface area contributed by atoms with E-state index in [0.29, 0.717) is 54.0 Å². The van der Waals surface area contributed by atoms with Gasteiger partial charge in [0, 0.05) is 11.8 Å². The van der Waals surface area contributed by atoms with Crippen molar-refractivity contribution in [3.8, 4) is 17.2 Å². The van der Waals surface area contributed by atoms with Crippen molar-refractivity contribution in [1.29, 1.82) is 0 Å². The summed E-state index contributed by atoms with van der Waals surface area (Å²) in [4.78, 5) is 32.2. The predicted molar refractivity (Wildman–Crippen MR) is 138 cm³/mol. The molecule has 0 aliphatic carbocycles. The van der Waals surface area contributed by atoms with Crippen LogP contribution in [0.1, 0.15) is 43.4 Å². The lowest BCUT2D eigenvalue weighted by atomic mass is 9.95. The molecule has 1 unspecified atom stereocenters. The molecule has 0 bridgehead atoms. The van der Waals surface area contributed by atoms with E-state index < -0.39 is 17.7 Å². The van der Waals surface area contributed by atoms with Gasteiger partial charge in [-0.3, -0.25) is 14.5 Å². The fourth-order valence-electron chi connectivity index (χ4n) is 4.52. The van der Waals surface area contributed by atoms with Crippen molar-refractivity contribution >= 4 is 23.3 Å². The highest BCUT2D eigenvalue weighted by atomic mass is 16.6. The Bertz CT molecular complexity index is 1320. The Kier molecular flexibility index (Phi) is 7.07. The number of aromatic nitrogens is 1. The number of rotatable bonds is 8. The lowest BCUT2D eigenvalue weighted by Crippen LogP contribution is -2.30. The molecule has 190 valence electrons. The van der Waals surface area contributed by atoms with Crippen LogP contribution in [-0.2, 0) is 9.59 Å². The van der Waals surface area contributed by atoms with Crippen molar-refractivity contribution in [2.45, 2.75) is 32.2 Å². The van der Waals surface area contributed by atoms with E-state index in [-0.39, 0.29) is 11.3 Å². The quantitative estimate of drug-likeness (QED) is 0.200. The van der Waals surface area contributed by atoms with Crippen LogP contribution >= 0.6 is 0 Å². The molecular weight excluding hydrogens is 472 g/mol. The highest BCUT2D eigenvalue weighted by Gasteiger charge is 2.47. The Balaban J connectivity index is 1.56. The van der Waals surface area contributed by atoms with Crippen LogP contribution in [0.15, 0.2) is 72.4 Å². The van der Waals surface area contributed by atoms with Crippen LogP contribution in [-0.4, -0.2) is 41.6 Å². The summed E-state index contributed by atoms with van der Waals surface area (Å²) in [6, 6.07) is 16.4. The summed E-state index contributed by atoms with van der Waals surface area (Å²) in [7, 11) is 0. The van der Waals surface area contributed by atoms with Crippen LogP contribution in [0.4, 0.5) is 5.82 Å². The van der Waals surface area contributed by atoms with Crippen LogP contribution in [0.25, 0.3) is 5.76 Å². The highest BCUT2D eigenvalue weighted by Crippen LogP contribution is 2.43. The van der Waals surface area contributed by atoms with Crippen molar-refractivity contribution in [3.05, 3.63) is 83.6 Å². The lowest BCUT2D eigenvalue weighted by Gasteiger charge is -2.24. The van der Waals surface area contributed by atoms with Crippen LogP contribution in [0.2, 0.25) is 0 Å². The van der Waals surface area contributed by atoms with Gasteiger partial charge in [0.05, 0.1) is 18.2 Å². The van der Waals surface area contributed by atoms with Crippen LogP contribution in [0.5, 0.6) is 17.2 Å². The Morgan fingerprint density at radius 1 is 1.03 bits per heavy atom. The van der Waals surface area contributed by atoms with Gasteiger partial charge in [0.1, 0.15) is 30.5 Å². The number of hydrogen-bond acceptors (Lipinski definition) is 7. The molecule has 0 saturated carbocycles. The van der Waals surface area contributed by atoms with E-state index in [9.17, 15) is 14.7 Å². The van der Waals surface area contributed by atoms with Crippen molar-refractivity contribution in [3.63, 3.8) is 0 Å². The topological polar surface area (TPSA) is 98.2 Å². The minimum absolute atomic E-state index is 0.0241. The normalized spacial score (nSPS) is 18.2. The van der Waals surface area contributed by atoms with Crippen molar-refractivity contribution in [2.24, 2.45) is 0 Å². The number of aliphatic hydroxyl groups is 1. The molecule has 8 heteroatoms. The molecule has 3 heterocycles. The second-order valence-electron chi connectivity index (χ2n) is 8.84. The van der Waals surface area contributed by atoms with E-state index in [4.69, 9.17) is 14.2 Å². The number of amides is 1. The van der Waals surface area contributed by atoms with Crippen molar-refractivity contribution < 1.29 is 28.9 Å². The van der Waals surface area contributed by atoms with E-state index in [1.165, 1.54) is 4.90 Å². The van der Waals surface area contributed by atoms with Gasteiger partial charge in [-0.1, -0.05) is 38.0 Å². The summed E-state index contributed by atoms with van der Waals surface area (Å²) in [5, 5.41) is 11.4. The molecule has 1 saturated heterocycles. The SMILES string of the molecule is CCCCCOc1ccc(C2C(=C(O)c3ccc4c(c3)OCCO4)C(=O)C(=O)N2c2ccccn2)cc1. The van der Waals surface area contributed by atoms with E-state index >= 15 is 0 Å². The molecule has 8 nitrogen and oxygen atoms in total. The zero-order valence-electron chi connectivity index (χ0n) is 20.6. The van der Waals surface area contributed by atoms with Gasteiger partial charge in [0.15, 0.2) is 11.5 Å². The average Bonchev–Trinajstić information content (AvgIpc) is 3.21. The van der Waals surface area contributed by atoms with Gasteiger partial charge >= 0.3 is 5.91 Å². The number of benzene rings is 2. The summed E-state index contributed by atoms with van der Waals surface area (Å²) < 4.78 is 17.0. The van der Waals surface area contributed by atoms with Crippen LogP contribution in [0.3, 0.4) is 0 Å². The number of carbonyl (C=O) groups excluding carboxylic acids is 2. The molecule has 1 atom stereocenters. The molecule has 2 aliphatic heterocycles. The van der Waals surface area contributed by atoms with E-state index in [1.54, 1.807) is 54.7 Å². The maximum atomic E-state index is 13.3. The van der Waals surface area contributed by atoms with Crippen molar-refractivity contribution in [1.82, 2.24) is 4.98 Å². The first-order valence-electron chi connectivity index (χ1n) is 12.4. The van der Waals surface area contributed by atoms with Crippen molar-refractivity contribution in [2.75, 3.05) is 24.7 Å². The third-order valence-corrected chi connectivity index (χ3v) is 6.37. The standard InChI is InChI=1S/C29H28N2O6/c1-2-3-6-15-35-21-11-8-19(9-12-21)26-25(28(33)29(34)31(26)24-7-4-5-14-30-24)27(32)20-10-13-22-23(18-20)37-17-16-36-22/h4-5,7-14,18,26,32H,2-3,6,15-17H2,1H3. The van der Waals surface area contributed by atoms with E-state index in [1.807, 2.05) is 12.1 Å². The summed E-state index contributed by atoms with van der Waals surface area (Å²) >= 11 is 0. The number of unbranched alkanes of at least 4 members (excludes halogenated alkanes) is 2. The molecule has 1 aromatic heterocycles. The first-order valence-corrected chi connectivity index (χ1v) is 12.4. The Morgan fingerprint density at radius 2 is 1.81 bits per heavy atom. The van der Waals surface area contributed by atoms with Gasteiger partial charge < -0.3 is 19.3 Å². The average molecular weight is 501 g/mol. The predicted octanol–water partition coefficient (Wildman–Crippen LogP) is 5.05. The molecular formula is C29H28N2O6. The molecule has 2 aromatic carbocycles. The summed E-state index contributed by atoms with van der Waals surface area (Å²) in [6.45, 7) is 3.57. The van der Waals surface area contributed by atoms with Gasteiger partial charge in [-0.15, -0.1) is 0 Å². The number of nitrogens with zero attached hydrogens (tertiary/aromatic N) is 2. The number of carbonyl (C=O) groups is 2. The molecule has 5 rings (SSSR count). The molecule has 0 radical (unpaired) electrons. The molecule has 1 N–H and O–H groups in total. The lowest BCUT2D eigenvalue weighted by molar-refractivity contribution is -0.132. The fraction of sp³-hybridized carbons (Fsp3) is 0.276. The number of ether oxygens (including phenoxy) is 3. The van der Waals surface area contributed by atoms with Gasteiger partial charge in [-0.05, 0) is 54.4 Å². The zero-order valence-corrected chi connectivity index (χ0v) is 20.6. The molecule has 3 aromatic rings. The number of hydrogen-bond donors (Lipinski definition) is 1. The largest absolute Gasteiger partial charge is 0.507 e. The summed E-state index contributed by atoms with van der Waals surface area (Å²) in [6.07, 6.45) is 4.72. The number of pyridine rings is 1. The van der Waals surface area contributed by atoms with E-state index in [2.05, 4.69) is 11.9 Å². The van der Waals surface area contributed by atoms with Crippen LogP contribution in [0, 0.1) is 0 Å². The van der Waals surface area contributed by atoms with Gasteiger partial charge in [-0.2, -0.15) is 0 Å². The number of fused-ring (bicyclic) bond motifs is 1. The number of Topliss-reactive ketones (excluding diaryl/α,β-unsaturated/α-hetero) is 1. The summed E-state index contributed by atoms with van der Waals surface area (Å²) in [5.74, 6) is 0.194. The third-order valence-electron chi connectivity index (χ3n) is 6.37. The maximum Gasteiger partial charge on any atom is 0.301 e. The molecule has 1 amide bonds. The number of ketones is 1. The first-order chi connectivity index (χ1) is 18.1. The Labute approximate surface area is 215 Å². The number of aliphatic hydroxyl groups excluding tert-OH is 1. The zero-order chi connectivity index (χ0) is 25.8. The molecule has 37 heavy (non-hydrogen) atoms. The molecule has 0 spiro atoms. The van der Waals surface area contributed by atoms with Gasteiger partial charge in [0.2, 0.25) is 0 Å². The first kappa shape index (κ1) is 24.4. The molecule has 2 aliphatic rings. The van der Waals surface area contributed by atoms with Gasteiger partial charge in [0.25, 0.3) is 5.78 Å². The van der Waals surface area contributed by atoms with Crippen LogP contribution < -0.4 is 19.1 Å². The highest BCUT2D eigenvalue weighted by molar-refractivity contribution is 6.51. The minimum atomic E-state index is -0.878. The summed E-state index contributed by atoms with van der Waals surface area (Å²) in [5.41, 5.74) is 0.970. The van der Waals surface area contributed by atoms with Gasteiger partial charge in [-0.25, -0.2) is 4.98 Å². The minimum Gasteiger partial charge on any atom is -0.507 e. The monoisotopic (exact) mass is 500 g/mol. The Morgan fingerprint density at radius 3 is 2.54 bits per heavy atom. The second kappa shape index (κ2) is 10.7.